The molecule has 0 saturated carbocycles. The summed E-state index contributed by atoms with van der Waals surface area (Å²) in [5, 5.41) is 70.4. The summed E-state index contributed by atoms with van der Waals surface area (Å²) in [6.45, 7) is -0.137. The molecule has 2 aliphatic rings. The third-order valence-corrected chi connectivity index (χ3v) is 7.79. The Kier molecular flexibility index (Phi) is 16.4. The van der Waals surface area contributed by atoms with Crippen molar-refractivity contribution in [2.24, 2.45) is 0 Å². The molecule has 40 heavy (non-hydrogen) atoms. The number of rotatable bonds is 20. The van der Waals surface area contributed by atoms with Crippen LogP contribution in [0.5, 0.6) is 0 Å². The third-order valence-electron chi connectivity index (χ3n) is 7.79. The van der Waals surface area contributed by atoms with Gasteiger partial charge in [0.15, 0.2) is 12.4 Å². The average Bonchev–Trinajstić information content (AvgIpc) is 3.20. The van der Waals surface area contributed by atoms with Crippen molar-refractivity contribution in [3.63, 3.8) is 0 Å². The highest BCUT2D eigenvalue weighted by Gasteiger charge is 2.58. The van der Waals surface area contributed by atoms with Gasteiger partial charge in [0.2, 0.25) is 5.79 Å². The molecule has 2 saturated heterocycles. The van der Waals surface area contributed by atoms with Gasteiger partial charge in [0.25, 0.3) is 0 Å². The molecule has 2 rings (SSSR count). The summed E-state index contributed by atoms with van der Waals surface area (Å²) < 4.78 is 21.6. The van der Waals surface area contributed by atoms with Gasteiger partial charge in [-0.1, -0.05) is 84.0 Å². The Morgan fingerprint density at radius 2 is 1.25 bits per heavy atom. The topological polar surface area (TPSA) is 196 Å². The first-order valence-corrected chi connectivity index (χ1v) is 15.0. The Hall–Kier alpha value is -0.930. The lowest BCUT2D eigenvalue weighted by atomic mass is 9.98. The maximum absolute atomic E-state index is 12.4. The Morgan fingerprint density at radius 1 is 0.725 bits per heavy atom. The molecule has 0 spiro atoms. The van der Waals surface area contributed by atoms with Gasteiger partial charge in [-0.2, -0.15) is 0 Å². The molecule has 12 heteroatoms. The molecular formula is C28H52O12. The molecule has 2 aliphatic heterocycles. The van der Waals surface area contributed by atoms with Crippen molar-refractivity contribution in [2.45, 2.75) is 152 Å². The van der Waals surface area contributed by atoms with Crippen molar-refractivity contribution in [3.05, 3.63) is 0 Å². The second kappa shape index (κ2) is 18.6. The molecule has 12 nitrogen and oxygen atoms in total. The third kappa shape index (κ3) is 10.1. The van der Waals surface area contributed by atoms with E-state index >= 15 is 0 Å². The van der Waals surface area contributed by atoms with Gasteiger partial charge in [-0.15, -0.1) is 0 Å². The first-order valence-electron chi connectivity index (χ1n) is 15.0. The van der Waals surface area contributed by atoms with Gasteiger partial charge in [0.05, 0.1) is 13.2 Å². The van der Waals surface area contributed by atoms with E-state index in [9.17, 15) is 40.5 Å². The molecule has 2 heterocycles. The molecule has 0 aromatic carbocycles. The summed E-state index contributed by atoms with van der Waals surface area (Å²) >= 11 is 0. The van der Waals surface area contributed by atoms with Crippen LogP contribution < -0.4 is 0 Å². The van der Waals surface area contributed by atoms with Crippen LogP contribution in [0, 0.1) is 0 Å². The van der Waals surface area contributed by atoms with E-state index in [1.54, 1.807) is 0 Å². The van der Waals surface area contributed by atoms with E-state index in [4.69, 9.17) is 18.9 Å². The maximum Gasteiger partial charge on any atom is 0.306 e. The smallest absolute Gasteiger partial charge is 0.306 e. The predicted octanol–water partition coefficient (Wildman–Crippen LogP) is 0.637. The van der Waals surface area contributed by atoms with Crippen molar-refractivity contribution in [1.82, 2.24) is 0 Å². The van der Waals surface area contributed by atoms with Gasteiger partial charge in [-0.05, 0) is 6.42 Å². The molecule has 2 fully saturated rings. The van der Waals surface area contributed by atoms with E-state index in [0.717, 1.165) is 19.3 Å². The summed E-state index contributed by atoms with van der Waals surface area (Å²) in [6.07, 6.45) is 2.67. The minimum Gasteiger partial charge on any atom is -0.457 e. The van der Waals surface area contributed by atoms with Crippen molar-refractivity contribution in [2.75, 3.05) is 19.8 Å². The molecule has 9 atom stereocenters. The van der Waals surface area contributed by atoms with Crippen LogP contribution in [0.25, 0.3) is 0 Å². The molecule has 0 amide bonds. The Bertz CT molecular complexity index is 694. The first-order chi connectivity index (χ1) is 19.2. The largest absolute Gasteiger partial charge is 0.457 e. The van der Waals surface area contributed by atoms with Crippen LogP contribution in [0.2, 0.25) is 0 Å². The zero-order valence-electron chi connectivity index (χ0n) is 23.8. The highest BCUT2D eigenvalue weighted by Crippen LogP contribution is 2.36. The number of hydrogen-bond acceptors (Lipinski definition) is 12. The summed E-state index contributed by atoms with van der Waals surface area (Å²) in [6, 6.07) is 0. The minimum atomic E-state index is -2.27. The van der Waals surface area contributed by atoms with Crippen molar-refractivity contribution in [1.29, 1.82) is 0 Å². The second-order valence-corrected chi connectivity index (χ2v) is 11.0. The molecule has 1 unspecified atom stereocenters. The highest BCUT2D eigenvalue weighted by molar-refractivity contribution is 5.69. The number of ether oxygens (including phenoxy) is 4. The number of carbonyl (C=O) groups excluding carboxylic acids is 1. The van der Waals surface area contributed by atoms with E-state index in [2.05, 4.69) is 6.92 Å². The Labute approximate surface area is 237 Å². The van der Waals surface area contributed by atoms with Crippen LogP contribution >= 0.6 is 0 Å². The Balaban J connectivity index is 1.71. The second-order valence-electron chi connectivity index (χ2n) is 11.0. The molecule has 0 aromatic heterocycles. The summed E-state index contributed by atoms with van der Waals surface area (Å²) in [5.74, 6) is -2.87. The van der Waals surface area contributed by atoms with Gasteiger partial charge < -0.3 is 54.7 Å². The van der Waals surface area contributed by atoms with Crippen molar-refractivity contribution in [3.8, 4) is 0 Å². The zero-order valence-corrected chi connectivity index (χ0v) is 23.8. The normalized spacial score (nSPS) is 34.3. The molecule has 0 radical (unpaired) electrons. The number of aliphatic hydroxyl groups excluding tert-OH is 7. The predicted molar refractivity (Wildman–Crippen MR) is 143 cm³/mol. The van der Waals surface area contributed by atoms with Crippen LogP contribution in [0.1, 0.15) is 96.8 Å². The van der Waals surface area contributed by atoms with Crippen LogP contribution in [-0.2, 0) is 23.7 Å². The van der Waals surface area contributed by atoms with Crippen LogP contribution in [0.3, 0.4) is 0 Å². The van der Waals surface area contributed by atoms with Gasteiger partial charge >= 0.3 is 5.97 Å². The van der Waals surface area contributed by atoms with Crippen LogP contribution in [0.15, 0.2) is 0 Å². The van der Waals surface area contributed by atoms with Crippen molar-refractivity contribution < 1.29 is 59.5 Å². The molecule has 0 aromatic rings. The minimum absolute atomic E-state index is 0.114. The Morgan fingerprint density at radius 3 is 1.73 bits per heavy atom. The number of esters is 1. The summed E-state index contributed by atoms with van der Waals surface area (Å²) in [4.78, 5) is 12.4. The van der Waals surface area contributed by atoms with Gasteiger partial charge in [-0.25, -0.2) is 0 Å². The van der Waals surface area contributed by atoms with Crippen LogP contribution in [-0.4, -0.2) is 116 Å². The maximum atomic E-state index is 12.4. The molecule has 7 N–H and O–H groups in total. The molecule has 236 valence electrons. The average molecular weight is 581 g/mol. The summed E-state index contributed by atoms with van der Waals surface area (Å²) in [5.41, 5.74) is 0. The number of unbranched alkanes of at least 4 members (excludes halogenated alkanes) is 12. The summed E-state index contributed by atoms with van der Waals surface area (Å²) in [7, 11) is 0. The monoisotopic (exact) mass is 580 g/mol. The highest BCUT2D eigenvalue weighted by atomic mass is 16.8. The van der Waals surface area contributed by atoms with Crippen LogP contribution in [0.4, 0.5) is 0 Å². The fourth-order valence-corrected chi connectivity index (χ4v) is 5.26. The SMILES string of the molecule is CCCCCCCCCCCCCCCC(=O)O[C@H]1[C@H](O)[C@@H](O)C(O[C@]2(CO)O[C@H](CO)[C@@H](O)[C@@H]2O)O[C@@H]1CO. The number of aliphatic hydroxyl groups is 7. The van der Waals surface area contributed by atoms with E-state index in [0.29, 0.717) is 6.42 Å². The standard InChI is InChI=1S/C28H52O12/c1-2-3-4-5-6-7-8-9-10-11-12-13-14-15-21(32)38-25-20(17-30)37-27(24(35)23(25)34)40-28(18-31)26(36)22(33)19(16-29)39-28/h19-20,22-27,29-31,33-36H,2-18H2,1H3/t19-,20-,22-,23-,24-,25-,26+,27?,28+/m1/s1. The van der Waals surface area contributed by atoms with E-state index in [-0.39, 0.29) is 6.42 Å². The van der Waals surface area contributed by atoms with Crippen molar-refractivity contribution >= 4 is 5.97 Å². The lowest BCUT2D eigenvalue weighted by molar-refractivity contribution is -0.383. The lowest BCUT2D eigenvalue weighted by Crippen LogP contribution is -2.63. The van der Waals surface area contributed by atoms with E-state index in [1.165, 1.54) is 57.8 Å². The van der Waals surface area contributed by atoms with Gasteiger partial charge in [0.1, 0.15) is 43.2 Å². The molecular weight excluding hydrogens is 528 g/mol. The first kappa shape index (κ1) is 35.3. The van der Waals surface area contributed by atoms with E-state index < -0.39 is 80.6 Å². The zero-order chi connectivity index (χ0) is 29.5. The fourth-order valence-electron chi connectivity index (χ4n) is 5.26. The van der Waals surface area contributed by atoms with Gasteiger partial charge in [-0.3, -0.25) is 4.79 Å². The van der Waals surface area contributed by atoms with E-state index in [1.807, 2.05) is 0 Å². The lowest BCUT2D eigenvalue weighted by Gasteiger charge is -2.44. The molecule has 0 bridgehead atoms. The number of hydrogen-bond donors (Lipinski definition) is 7. The van der Waals surface area contributed by atoms with Gasteiger partial charge in [0, 0.05) is 6.42 Å². The molecule has 0 aliphatic carbocycles. The fraction of sp³-hybridized carbons (Fsp3) is 0.964. The number of carbonyl (C=O) groups is 1. The quantitative estimate of drug-likeness (QED) is 0.0785.